The molecular weight excluding hydrogens is 242 g/mol. The van der Waals surface area contributed by atoms with Gasteiger partial charge in [0.05, 0.1) is 6.20 Å². The molecule has 0 saturated carbocycles. The predicted molar refractivity (Wildman–Crippen MR) is 69.9 cm³/mol. The Labute approximate surface area is 110 Å². The third-order valence-electron chi connectivity index (χ3n) is 3.19. The quantitative estimate of drug-likeness (QED) is 0.891. The fourth-order valence-electron chi connectivity index (χ4n) is 2.21. The number of rotatable bonds is 2. The molecule has 0 aliphatic carbocycles. The van der Waals surface area contributed by atoms with Crippen LogP contribution in [0.25, 0.3) is 0 Å². The molecular formula is C14H13N3O2. The van der Waals surface area contributed by atoms with Gasteiger partial charge in [0.2, 0.25) is 0 Å². The van der Waals surface area contributed by atoms with E-state index in [0.717, 1.165) is 11.3 Å². The summed E-state index contributed by atoms with van der Waals surface area (Å²) in [5.74, 6) is 1.02. The number of benzene rings is 1. The van der Waals surface area contributed by atoms with Crippen LogP contribution in [0.5, 0.6) is 5.75 Å². The largest absolute Gasteiger partial charge is 0.480 e. The number of para-hydroxylation sites is 1. The lowest BCUT2D eigenvalue weighted by molar-refractivity contribution is -0.122. The third kappa shape index (κ3) is 2.14. The van der Waals surface area contributed by atoms with E-state index in [0.29, 0.717) is 5.82 Å². The van der Waals surface area contributed by atoms with Gasteiger partial charge in [0.15, 0.2) is 11.9 Å². The van der Waals surface area contributed by atoms with Crippen LogP contribution in [0.3, 0.4) is 0 Å². The number of ether oxygens (including phenoxy) is 1. The number of carbonyl (C=O) groups excluding carboxylic acids is 1. The number of nitrogens with one attached hydrogen (secondary N) is 1. The van der Waals surface area contributed by atoms with Crippen LogP contribution in [-0.2, 0) is 4.79 Å². The Morgan fingerprint density at radius 2 is 2.16 bits per heavy atom. The molecule has 3 rings (SSSR count). The zero-order chi connectivity index (χ0) is 13.2. The van der Waals surface area contributed by atoms with Crippen molar-refractivity contribution >= 4 is 11.7 Å². The monoisotopic (exact) mass is 255 g/mol. The van der Waals surface area contributed by atoms with Crippen LogP contribution in [0, 0.1) is 0 Å². The Kier molecular flexibility index (Phi) is 2.87. The van der Waals surface area contributed by atoms with Crippen molar-refractivity contribution in [3.8, 4) is 5.75 Å². The molecule has 0 radical (unpaired) electrons. The summed E-state index contributed by atoms with van der Waals surface area (Å²) in [6.45, 7) is 1.98. The van der Waals surface area contributed by atoms with Crippen LogP contribution < -0.4 is 10.1 Å². The normalized spacial score (nSPS) is 20.5. The van der Waals surface area contributed by atoms with Gasteiger partial charge in [-0.05, 0) is 6.07 Å². The van der Waals surface area contributed by atoms with Crippen LogP contribution in [0.2, 0.25) is 0 Å². The van der Waals surface area contributed by atoms with Gasteiger partial charge in [0.25, 0.3) is 5.91 Å². The van der Waals surface area contributed by atoms with Crippen LogP contribution in [-0.4, -0.2) is 22.0 Å². The lowest BCUT2D eigenvalue weighted by atomic mass is 9.97. The molecule has 2 atom stereocenters. The lowest BCUT2D eigenvalue weighted by Crippen LogP contribution is -2.33. The van der Waals surface area contributed by atoms with E-state index in [1.807, 2.05) is 31.2 Å². The van der Waals surface area contributed by atoms with Crippen molar-refractivity contribution in [1.82, 2.24) is 9.97 Å². The van der Waals surface area contributed by atoms with Gasteiger partial charge in [-0.25, -0.2) is 4.98 Å². The SMILES string of the molecule is C[C@@H]1c2ccccc2O[C@H]1C(=O)Nc1cnccn1. The fraction of sp³-hybridized carbons (Fsp3) is 0.214. The molecule has 1 aromatic carbocycles. The summed E-state index contributed by atoms with van der Waals surface area (Å²) in [7, 11) is 0. The molecule has 0 bridgehead atoms. The molecule has 5 nitrogen and oxygen atoms in total. The molecule has 2 aromatic rings. The lowest BCUT2D eigenvalue weighted by Gasteiger charge is -2.14. The second-order valence-corrected chi connectivity index (χ2v) is 4.44. The zero-order valence-electron chi connectivity index (χ0n) is 10.4. The minimum atomic E-state index is -0.528. The highest BCUT2D eigenvalue weighted by Crippen LogP contribution is 2.37. The third-order valence-corrected chi connectivity index (χ3v) is 3.19. The summed E-state index contributed by atoms with van der Waals surface area (Å²) in [6, 6.07) is 7.70. The maximum absolute atomic E-state index is 12.2. The number of anilines is 1. The van der Waals surface area contributed by atoms with Gasteiger partial charge < -0.3 is 10.1 Å². The molecule has 0 unspecified atom stereocenters. The van der Waals surface area contributed by atoms with Gasteiger partial charge in [-0.15, -0.1) is 0 Å². The van der Waals surface area contributed by atoms with Crippen molar-refractivity contribution in [2.45, 2.75) is 18.9 Å². The van der Waals surface area contributed by atoms with E-state index in [-0.39, 0.29) is 11.8 Å². The molecule has 0 saturated heterocycles. The van der Waals surface area contributed by atoms with E-state index in [1.54, 1.807) is 6.20 Å². The number of hydrogen-bond acceptors (Lipinski definition) is 4. The Balaban J connectivity index is 1.77. The summed E-state index contributed by atoms with van der Waals surface area (Å²) in [6.07, 6.45) is 4.06. The number of fused-ring (bicyclic) bond motifs is 1. The first-order valence-electron chi connectivity index (χ1n) is 6.08. The van der Waals surface area contributed by atoms with Crippen molar-refractivity contribution in [1.29, 1.82) is 0 Å². The Bertz CT molecular complexity index is 601. The molecule has 5 heteroatoms. The molecule has 0 fully saturated rings. The van der Waals surface area contributed by atoms with E-state index in [4.69, 9.17) is 4.74 Å². The molecule has 1 aromatic heterocycles. The molecule has 19 heavy (non-hydrogen) atoms. The van der Waals surface area contributed by atoms with Crippen LogP contribution in [0.4, 0.5) is 5.82 Å². The molecule has 1 aliphatic rings. The van der Waals surface area contributed by atoms with Gasteiger partial charge >= 0.3 is 0 Å². The number of amides is 1. The topological polar surface area (TPSA) is 64.1 Å². The van der Waals surface area contributed by atoms with Crippen LogP contribution in [0.1, 0.15) is 18.4 Å². The highest BCUT2D eigenvalue weighted by molar-refractivity contribution is 5.94. The Morgan fingerprint density at radius 1 is 1.32 bits per heavy atom. The first-order valence-corrected chi connectivity index (χ1v) is 6.08. The average molecular weight is 255 g/mol. The molecule has 1 aliphatic heterocycles. The Hall–Kier alpha value is -2.43. The van der Waals surface area contributed by atoms with E-state index in [2.05, 4.69) is 15.3 Å². The van der Waals surface area contributed by atoms with Gasteiger partial charge in [-0.1, -0.05) is 25.1 Å². The summed E-state index contributed by atoms with van der Waals surface area (Å²) >= 11 is 0. The molecule has 96 valence electrons. The minimum Gasteiger partial charge on any atom is -0.480 e. The second-order valence-electron chi connectivity index (χ2n) is 4.44. The van der Waals surface area contributed by atoms with E-state index in [9.17, 15) is 4.79 Å². The van der Waals surface area contributed by atoms with Gasteiger partial charge in [0.1, 0.15) is 5.75 Å². The maximum Gasteiger partial charge on any atom is 0.267 e. The predicted octanol–water partition coefficient (Wildman–Crippen LogP) is 1.98. The first kappa shape index (κ1) is 11.6. The number of hydrogen-bond donors (Lipinski definition) is 1. The van der Waals surface area contributed by atoms with Crippen molar-refractivity contribution < 1.29 is 9.53 Å². The van der Waals surface area contributed by atoms with E-state index in [1.165, 1.54) is 12.4 Å². The van der Waals surface area contributed by atoms with Crippen molar-refractivity contribution in [3.63, 3.8) is 0 Å². The highest BCUT2D eigenvalue weighted by atomic mass is 16.5. The number of carbonyl (C=O) groups is 1. The van der Waals surface area contributed by atoms with Crippen molar-refractivity contribution in [2.75, 3.05) is 5.32 Å². The van der Waals surface area contributed by atoms with Crippen LogP contribution >= 0.6 is 0 Å². The first-order chi connectivity index (χ1) is 9.25. The molecule has 2 heterocycles. The maximum atomic E-state index is 12.2. The zero-order valence-corrected chi connectivity index (χ0v) is 10.4. The van der Waals surface area contributed by atoms with E-state index < -0.39 is 6.10 Å². The van der Waals surface area contributed by atoms with E-state index >= 15 is 0 Å². The summed E-state index contributed by atoms with van der Waals surface area (Å²) in [5, 5.41) is 2.71. The van der Waals surface area contributed by atoms with Gasteiger partial charge in [-0.3, -0.25) is 9.78 Å². The highest BCUT2D eigenvalue weighted by Gasteiger charge is 2.36. The molecule has 0 spiro atoms. The molecule has 1 N–H and O–H groups in total. The Morgan fingerprint density at radius 3 is 2.89 bits per heavy atom. The van der Waals surface area contributed by atoms with Crippen molar-refractivity contribution in [2.24, 2.45) is 0 Å². The molecule has 1 amide bonds. The van der Waals surface area contributed by atoms with Crippen LogP contribution in [0.15, 0.2) is 42.9 Å². The summed E-state index contributed by atoms with van der Waals surface area (Å²) in [5.41, 5.74) is 1.06. The second kappa shape index (κ2) is 4.68. The number of aromatic nitrogens is 2. The fourth-order valence-corrected chi connectivity index (χ4v) is 2.21. The smallest absolute Gasteiger partial charge is 0.267 e. The average Bonchev–Trinajstić information content (AvgIpc) is 2.78. The number of nitrogens with zero attached hydrogens (tertiary/aromatic N) is 2. The van der Waals surface area contributed by atoms with Crippen molar-refractivity contribution in [3.05, 3.63) is 48.4 Å². The van der Waals surface area contributed by atoms with Gasteiger partial charge in [-0.2, -0.15) is 0 Å². The minimum absolute atomic E-state index is 0.0212. The summed E-state index contributed by atoms with van der Waals surface area (Å²) < 4.78 is 5.69. The summed E-state index contributed by atoms with van der Waals surface area (Å²) in [4.78, 5) is 20.1. The van der Waals surface area contributed by atoms with Gasteiger partial charge in [0, 0.05) is 23.9 Å². The standard InChI is InChI=1S/C14H13N3O2/c1-9-10-4-2-3-5-11(10)19-13(9)14(18)17-12-8-15-6-7-16-12/h2-9,13H,1H3,(H,16,17,18)/t9-,13-/m1/s1.